The molecule has 0 fully saturated rings. The van der Waals surface area contributed by atoms with Crippen LogP contribution in [-0.4, -0.2) is 22.8 Å². The van der Waals surface area contributed by atoms with Crippen molar-refractivity contribution in [2.45, 2.75) is 6.54 Å². The molecule has 1 aromatic heterocycles. The molecule has 3 rings (SSSR count). The summed E-state index contributed by atoms with van der Waals surface area (Å²) in [5.41, 5.74) is 1.00. The normalized spacial score (nSPS) is 10.7. The van der Waals surface area contributed by atoms with Gasteiger partial charge in [0.15, 0.2) is 5.76 Å². The number of nitro groups is 1. The van der Waals surface area contributed by atoms with Gasteiger partial charge < -0.3 is 9.32 Å². The molecule has 0 saturated heterocycles. The minimum atomic E-state index is -0.665. The Morgan fingerprint density at radius 2 is 1.87 bits per heavy atom. The second-order valence-corrected chi connectivity index (χ2v) is 5.19. The van der Waals surface area contributed by atoms with Crippen LogP contribution in [0.15, 0.2) is 59.0 Å². The number of carbonyl (C=O) groups is 1. The standard InChI is InChI=1S/C17H14N2O4/c1-18(17(20)15-9-10-16(23-15)19(21)22)11-13-7-4-6-12-5-2-3-8-14(12)13/h2-10H,11H2,1H3. The molecule has 0 bridgehead atoms. The van der Waals surface area contributed by atoms with Crippen molar-refractivity contribution >= 4 is 22.6 Å². The monoisotopic (exact) mass is 310 g/mol. The van der Waals surface area contributed by atoms with Gasteiger partial charge in [0.2, 0.25) is 0 Å². The summed E-state index contributed by atoms with van der Waals surface area (Å²) in [5, 5.41) is 12.8. The molecule has 116 valence electrons. The molecule has 0 N–H and O–H groups in total. The second-order valence-electron chi connectivity index (χ2n) is 5.19. The van der Waals surface area contributed by atoms with E-state index in [1.54, 1.807) is 7.05 Å². The zero-order chi connectivity index (χ0) is 16.4. The quantitative estimate of drug-likeness (QED) is 0.545. The van der Waals surface area contributed by atoms with Crippen molar-refractivity contribution in [3.05, 3.63) is 76.0 Å². The number of hydrogen-bond acceptors (Lipinski definition) is 4. The van der Waals surface area contributed by atoms with Gasteiger partial charge in [0, 0.05) is 13.6 Å². The molecule has 6 nitrogen and oxygen atoms in total. The number of hydrogen-bond donors (Lipinski definition) is 0. The predicted molar refractivity (Wildman–Crippen MR) is 85.1 cm³/mol. The topological polar surface area (TPSA) is 76.6 Å². The molecule has 0 atom stereocenters. The highest BCUT2D eigenvalue weighted by atomic mass is 16.6. The highest BCUT2D eigenvalue weighted by Crippen LogP contribution is 2.21. The maximum absolute atomic E-state index is 12.3. The maximum atomic E-state index is 12.3. The van der Waals surface area contributed by atoms with Crippen molar-refractivity contribution in [1.82, 2.24) is 4.90 Å². The molecule has 1 heterocycles. The van der Waals surface area contributed by atoms with Crippen LogP contribution in [0.3, 0.4) is 0 Å². The van der Waals surface area contributed by atoms with Gasteiger partial charge in [-0.25, -0.2) is 0 Å². The summed E-state index contributed by atoms with van der Waals surface area (Å²) >= 11 is 0. The van der Waals surface area contributed by atoms with Crippen LogP contribution in [0.25, 0.3) is 10.8 Å². The summed E-state index contributed by atoms with van der Waals surface area (Å²) in [6.45, 7) is 0.384. The average molecular weight is 310 g/mol. The first-order chi connectivity index (χ1) is 11.1. The zero-order valence-electron chi connectivity index (χ0n) is 12.4. The van der Waals surface area contributed by atoms with Crippen molar-refractivity contribution < 1.29 is 14.1 Å². The SMILES string of the molecule is CN(Cc1cccc2ccccc12)C(=O)c1ccc([N+](=O)[O-])o1. The van der Waals surface area contributed by atoms with E-state index in [9.17, 15) is 14.9 Å². The van der Waals surface area contributed by atoms with E-state index in [1.807, 2.05) is 42.5 Å². The lowest BCUT2D eigenvalue weighted by atomic mass is 10.0. The maximum Gasteiger partial charge on any atom is 0.433 e. The largest absolute Gasteiger partial charge is 0.433 e. The van der Waals surface area contributed by atoms with Crippen LogP contribution in [0.4, 0.5) is 5.88 Å². The van der Waals surface area contributed by atoms with Crippen LogP contribution in [0, 0.1) is 10.1 Å². The number of rotatable bonds is 4. The van der Waals surface area contributed by atoms with E-state index in [0.29, 0.717) is 6.54 Å². The molecular weight excluding hydrogens is 296 g/mol. The van der Waals surface area contributed by atoms with Crippen molar-refractivity contribution in [3.63, 3.8) is 0 Å². The van der Waals surface area contributed by atoms with E-state index >= 15 is 0 Å². The van der Waals surface area contributed by atoms with E-state index in [-0.39, 0.29) is 5.76 Å². The van der Waals surface area contributed by atoms with Crippen molar-refractivity contribution in [2.75, 3.05) is 7.05 Å². The number of fused-ring (bicyclic) bond motifs is 1. The van der Waals surface area contributed by atoms with E-state index in [2.05, 4.69) is 0 Å². The lowest BCUT2D eigenvalue weighted by molar-refractivity contribution is -0.402. The molecular formula is C17H14N2O4. The third kappa shape index (κ3) is 2.91. The highest BCUT2D eigenvalue weighted by molar-refractivity contribution is 5.92. The third-order valence-electron chi connectivity index (χ3n) is 3.62. The fourth-order valence-corrected chi connectivity index (χ4v) is 2.49. The highest BCUT2D eigenvalue weighted by Gasteiger charge is 2.20. The minimum Gasteiger partial charge on any atom is -0.395 e. The molecule has 2 aromatic carbocycles. The number of benzene rings is 2. The van der Waals surface area contributed by atoms with Gasteiger partial charge in [0.1, 0.15) is 4.92 Å². The van der Waals surface area contributed by atoms with Crippen molar-refractivity contribution in [2.24, 2.45) is 0 Å². The van der Waals surface area contributed by atoms with E-state index in [4.69, 9.17) is 4.42 Å². The minimum absolute atomic E-state index is 0.0422. The Morgan fingerprint density at radius 1 is 1.13 bits per heavy atom. The molecule has 0 aliphatic heterocycles. The summed E-state index contributed by atoms with van der Waals surface area (Å²) in [7, 11) is 1.64. The Hall–Kier alpha value is -3.15. The summed E-state index contributed by atoms with van der Waals surface area (Å²) in [4.78, 5) is 23.8. The first-order valence-corrected chi connectivity index (χ1v) is 7.02. The van der Waals surface area contributed by atoms with Crippen LogP contribution >= 0.6 is 0 Å². The Kier molecular flexibility index (Phi) is 3.80. The average Bonchev–Trinajstić information content (AvgIpc) is 3.04. The number of furan rings is 1. The van der Waals surface area contributed by atoms with Gasteiger partial charge in [0.05, 0.1) is 6.07 Å². The second kappa shape index (κ2) is 5.92. The van der Waals surface area contributed by atoms with Crippen LogP contribution in [-0.2, 0) is 6.54 Å². The summed E-state index contributed by atoms with van der Waals surface area (Å²) in [6, 6.07) is 16.3. The molecule has 23 heavy (non-hydrogen) atoms. The molecule has 0 spiro atoms. The van der Waals surface area contributed by atoms with Crippen LogP contribution in [0.2, 0.25) is 0 Å². The zero-order valence-corrected chi connectivity index (χ0v) is 12.4. The number of nitrogens with zero attached hydrogens (tertiary/aromatic N) is 2. The van der Waals surface area contributed by atoms with E-state index in [1.165, 1.54) is 17.0 Å². The number of carbonyl (C=O) groups excluding carboxylic acids is 1. The van der Waals surface area contributed by atoms with Gasteiger partial charge in [-0.15, -0.1) is 0 Å². The van der Waals surface area contributed by atoms with E-state index in [0.717, 1.165) is 16.3 Å². The van der Waals surface area contributed by atoms with E-state index < -0.39 is 16.7 Å². The third-order valence-corrected chi connectivity index (χ3v) is 3.62. The summed E-state index contributed by atoms with van der Waals surface area (Å²) in [6.07, 6.45) is 0. The van der Waals surface area contributed by atoms with Crippen LogP contribution in [0.1, 0.15) is 16.1 Å². The predicted octanol–water partition coefficient (Wildman–Crippen LogP) is 3.61. The molecule has 0 saturated carbocycles. The Labute approximate surface area is 132 Å². The molecule has 0 aliphatic carbocycles. The smallest absolute Gasteiger partial charge is 0.395 e. The molecule has 0 aliphatic rings. The van der Waals surface area contributed by atoms with Gasteiger partial charge in [-0.2, -0.15) is 0 Å². The summed E-state index contributed by atoms with van der Waals surface area (Å²) < 4.78 is 4.96. The van der Waals surface area contributed by atoms with Crippen molar-refractivity contribution in [3.8, 4) is 0 Å². The van der Waals surface area contributed by atoms with Crippen molar-refractivity contribution in [1.29, 1.82) is 0 Å². The molecule has 1 amide bonds. The summed E-state index contributed by atoms with van der Waals surface area (Å²) in [5.74, 6) is -0.877. The fraction of sp³-hybridized carbons (Fsp3) is 0.118. The van der Waals surface area contributed by atoms with Gasteiger partial charge in [-0.3, -0.25) is 14.9 Å². The lowest BCUT2D eigenvalue weighted by Gasteiger charge is -2.17. The molecule has 0 unspecified atom stereocenters. The van der Waals surface area contributed by atoms with Gasteiger partial charge >= 0.3 is 5.88 Å². The number of amides is 1. The Bertz CT molecular complexity index is 880. The fourth-order valence-electron chi connectivity index (χ4n) is 2.49. The van der Waals surface area contributed by atoms with Gasteiger partial charge in [0.25, 0.3) is 5.91 Å². The Balaban J connectivity index is 1.83. The van der Waals surface area contributed by atoms with Gasteiger partial charge in [-0.1, -0.05) is 42.5 Å². The lowest BCUT2D eigenvalue weighted by Crippen LogP contribution is -2.25. The first-order valence-electron chi connectivity index (χ1n) is 7.02. The van der Waals surface area contributed by atoms with Gasteiger partial charge in [-0.05, 0) is 22.4 Å². The van der Waals surface area contributed by atoms with Crippen LogP contribution in [0.5, 0.6) is 0 Å². The molecule has 6 heteroatoms. The first kappa shape index (κ1) is 14.8. The Morgan fingerprint density at radius 3 is 2.61 bits per heavy atom. The molecule has 3 aromatic rings. The molecule has 0 radical (unpaired) electrons. The van der Waals surface area contributed by atoms with Crippen LogP contribution < -0.4 is 0 Å².